The molecule has 3 N–H and O–H groups in total. The van der Waals surface area contributed by atoms with E-state index in [1.807, 2.05) is 13.1 Å². The van der Waals surface area contributed by atoms with Gasteiger partial charge in [0.25, 0.3) is 0 Å². The Kier molecular flexibility index (Phi) is 4.59. The van der Waals surface area contributed by atoms with Gasteiger partial charge in [-0.25, -0.2) is 13.1 Å². The van der Waals surface area contributed by atoms with Crippen LogP contribution in [0.1, 0.15) is 15.3 Å². The number of rotatable bonds is 6. The van der Waals surface area contributed by atoms with Crippen molar-refractivity contribution in [2.75, 3.05) is 6.54 Å². The maximum absolute atomic E-state index is 12.2. The molecule has 0 aromatic carbocycles. The first-order valence-corrected chi connectivity index (χ1v) is 8.50. The minimum Gasteiger partial charge on any atom is -0.326 e. The van der Waals surface area contributed by atoms with Crippen molar-refractivity contribution in [3.05, 3.63) is 33.8 Å². The second-order valence-corrected chi connectivity index (χ2v) is 7.59. The van der Waals surface area contributed by atoms with Crippen LogP contribution in [0.15, 0.2) is 23.4 Å². The number of nitrogens with one attached hydrogen (secondary N) is 1. The van der Waals surface area contributed by atoms with Crippen LogP contribution in [0.5, 0.6) is 0 Å². The Hall–Kier alpha value is -1.22. The highest BCUT2D eigenvalue weighted by molar-refractivity contribution is 7.89. The molecule has 0 aliphatic rings. The van der Waals surface area contributed by atoms with E-state index >= 15 is 0 Å². The molecule has 0 saturated carbocycles. The maximum Gasteiger partial charge on any atom is 0.241 e. The molecule has 2 rings (SSSR count). The van der Waals surface area contributed by atoms with E-state index in [-0.39, 0.29) is 0 Å². The highest BCUT2D eigenvalue weighted by Gasteiger charge is 2.19. The highest BCUT2D eigenvalue weighted by atomic mass is 32.2. The first kappa shape index (κ1) is 15.2. The number of nitrogens with two attached hydrogens (primary N) is 1. The normalized spacial score (nSPS) is 11.9. The molecule has 0 aliphatic carbocycles. The minimum absolute atomic E-state index is 0.302. The van der Waals surface area contributed by atoms with E-state index in [0.29, 0.717) is 24.5 Å². The van der Waals surface area contributed by atoms with Crippen LogP contribution in [-0.2, 0) is 23.1 Å². The van der Waals surface area contributed by atoms with Gasteiger partial charge >= 0.3 is 0 Å². The van der Waals surface area contributed by atoms with Gasteiger partial charge in [0.1, 0.15) is 0 Å². The van der Waals surface area contributed by atoms with Crippen LogP contribution >= 0.6 is 11.3 Å². The zero-order valence-corrected chi connectivity index (χ0v) is 13.1. The summed E-state index contributed by atoms with van der Waals surface area (Å²) < 4.78 is 28.7. The summed E-state index contributed by atoms with van der Waals surface area (Å²) in [6, 6.07) is 1.64. The minimum atomic E-state index is -3.48. The Morgan fingerprint density at radius 3 is 2.75 bits per heavy atom. The molecule has 110 valence electrons. The number of aromatic nitrogens is 2. The average molecular weight is 314 g/mol. The first-order valence-electron chi connectivity index (χ1n) is 6.20. The summed E-state index contributed by atoms with van der Waals surface area (Å²) in [4.78, 5) is 1.94. The topological polar surface area (TPSA) is 90.0 Å². The summed E-state index contributed by atoms with van der Waals surface area (Å²) >= 11 is 1.41. The van der Waals surface area contributed by atoms with Gasteiger partial charge in [-0.05, 0) is 25.5 Å². The molecule has 6 nitrogen and oxygen atoms in total. The SMILES string of the molecule is Cc1cnn(CCNS(=O)(=O)c2cc(CN)sc2C)c1. The van der Waals surface area contributed by atoms with Crippen molar-refractivity contribution in [2.45, 2.75) is 31.8 Å². The molecule has 2 heterocycles. The average Bonchev–Trinajstić information content (AvgIpc) is 2.95. The molecule has 0 unspecified atom stereocenters. The summed E-state index contributed by atoms with van der Waals surface area (Å²) in [6.45, 7) is 4.89. The van der Waals surface area contributed by atoms with Gasteiger partial charge < -0.3 is 5.73 Å². The molecule has 0 bridgehead atoms. The third kappa shape index (κ3) is 3.45. The summed E-state index contributed by atoms with van der Waals surface area (Å²) in [6.07, 6.45) is 3.61. The quantitative estimate of drug-likeness (QED) is 0.832. The van der Waals surface area contributed by atoms with Crippen LogP contribution < -0.4 is 10.5 Å². The monoisotopic (exact) mass is 314 g/mol. The van der Waals surface area contributed by atoms with Gasteiger partial charge in [-0.15, -0.1) is 11.3 Å². The van der Waals surface area contributed by atoms with Gasteiger partial charge in [0, 0.05) is 29.0 Å². The lowest BCUT2D eigenvalue weighted by Crippen LogP contribution is -2.27. The number of thiophene rings is 1. The molecule has 2 aromatic heterocycles. The fourth-order valence-corrected chi connectivity index (χ4v) is 4.39. The molecule has 0 atom stereocenters. The van der Waals surface area contributed by atoms with Crippen molar-refractivity contribution < 1.29 is 8.42 Å². The zero-order chi connectivity index (χ0) is 14.8. The molecule has 0 saturated heterocycles. The lowest BCUT2D eigenvalue weighted by molar-refractivity contribution is 0.560. The van der Waals surface area contributed by atoms with Crippen LogP contribution in [0.4, 0.5) is 0 Å². The molecule has 0 amide bonds. The van der Waals surface area contributed by atoms with Crippen LogP contribution in [0.2, 0.25) is 0 Å². The highest BCUT2D eigenvalue weighted by Crippen LogP contribution is 2.25. The Bertz CT molecular complexity index is 688. The van der Waals surface area contributed by atoms with E-state index in [1.54, 1.807) is 23.9 Å². The van der Waals surface area contributed by atoms with Crippen LogP contribution in [0, 0.1) is 13.8 Å². The number of sulfonamides is 1. The fourth-order valence-electron chi connectivity index (χ4n) is 1.85. The number of aryl methyl sites for hydroxylation is 2. The predicted molar refractivity (Wildman–Crippen MR) is 79.1 cm³/mol. The van der Waals surface area contributed by atoms with E-state index in [1.165, 1.54) is 11.3 Å². The molecule has 0 radical (unpaired) electrons. The molecule has 2 aromatic rings. The smallest absolute Gasteiger partial charge is 0.241 e. The van der Waals surface area contributed by atoms with Gasteiger partial charge in [-0.2, -0.15) is 5.10 Å². The van der Waals surface area contributed by atoms with Crippen LogP contribution in [-0.4, -0.2) is 24.7 Å². The van der Waals surface area contributed by atoms with Crippen molar-refractivity contribution in [3.8, 4) is 0 Å². The second kappa shape index (κ2) is 6.04. The van der Waals surface area contributed by atoms with E-state index in [2.05, 4.69) is 9.82 Å². The zero-order valence-electron chi connectivity index (χ0n) is 11.5. The van der Waals surface area contributed by atoms with Crippen LogP contribution in [0.3, 0.4) is 0 Å². The first-order chi connectivity index (χ1) is 9.42. The molecular weight excluding hydrogens is 296 g/mol. The third-order valence-electron chi connectivity index (χ3n) is 2.81. The van der Waals surface area contributed by atoms with Gasteiger partial charge in [0.2, 0.25) is 10.0 Å². The Morgan fingerprint density at radius 1 is 1.45 bits per heavy atom. The molecule has 0 aliphatic heterocycles. The number of nitrogens with zero attached hydrogens (tertiary/aromatic N) is 2. The Labute approximate surface area is 122 Å². The largest absolute Gasteiger partial charge is 0.326 e. The Morgan fingerprint density at radius 2 is 2.20 bits per heavy atom. The lowest BCUT2D eigenvalue weighted by atomic mass is 10.4. The summed E-state index contributed by atoms with van der Waals surface area (Å²) in [5, 5.41) is 4.11. The van der Waals surface area contributed by atoms with Crippen molar-refractivity contribution in [3.63, 3.8) is 0 Å². The van der Waals surface area contributed by atoms with E-state index < -0.39 is 10.0 Å². The van der Waals surface area contributed by atoms with E-state index in [4.69, 9.17) is 5.73 Å². The van der Waals surface area contributed by atoms with Crippen molar-refractivity contribution in [2.24, 2.45) is 5.73 Å². The molecule has 0 spiro atoms. The molecule has 8 heteroatoms. The molecule has 0 fully saturated rings. The van der Waals surface area contributed by atoms with Crippen molar-refractivity contribution in [1.29, 1.82) is 0 Å². The Balaban J connectivity index is 2.01. The van der Waals surface area contributed by atoms with Gasteiger partial charge in [-0.3, -0.25) is 4.68 Å². The van der Waals surface area contributed by atoms with Crippen molar-refractivity contribution in [1.82, 2.24) is 14.5 Å². The lowest BCUT2D eigenvalue weighted by Gasteiger charge is -2.06. The van der Waals surface area contributed by atoms with Crippen LogP contribution in [0.25, 0.3) is 0 Å². The van der Waals surface area contributed by atoms with E-state index in [9.17, 15) is 8.42 Å². The maximum atomic E-state index is 12.2. The van der Waals surface area contributed by atoms with Crippen molar-refractivity contribution >= 4 is 21.4 Å². The molecular formula is C12H18N4O2S2. The van der Waals surface area contributed by atoms with E-state index in [0.717, 1.165) is 15.3 Å². The van der Waals surface area contributed by atoms with Gasteiger partial charge in [0.05, 0.1) is 17.6 Å². The van der Waals surface area contributed by atoms with Gasteiger partial charge in [0.15, 0.2) is 0 Å². The molecule has 20 heavy (non-hydrogen) atoms. The fraction of sp³-hybridized carbons (Fsp3) is 0.417. The predicted octanol–water partition coefficient (Wildman–Crippen LogP) is 0.999. The summed E-state index contributed by atoms with van der Waals surface area (Å²) in [5.41, 5.74) is 6.59. The summed E-state index contributed by atoms with van der Waals surface area (Å²) in [7, 11) is -3.48. The summed E-state index contributed by atoms with van der Waals surface area (Å²) in [5.74, 6) is 0. The standard InChI is InChI=1S/C12H18N4O2S2/c1-9-7-14-16(8-9)4-3-15-20(17,18)12-5-11(6-13)19-10(12)2/h5,7-8,15H,3-4,6,13H2,1-2H3. The third-order valence-corrected chi connectivity index (χ3v) is 5.60. The second-order valence-electron chi connectivity index (χ2n) is 4.52. The van der Waals surface area contributed by atoms with Gasteiger partial charge in [-0.1, -0.05) is 0 Å². The number of hydrogen-bond acceptors (Lipinski definition) is 5. The number of hydrogen-bond donors (Lipinski definition) is 2.